The van der Waals surface area contributed by atoms with E-state index in [-0.39, 0.29) is 18.6 Å². The number of aliphatic hydroxyl groups is 1. The molecule has 0 spiro atoms. The molecular weight excluding hydrogens is 212 g/mol. The Bertz CT molecular complexity index is 335. The molecular formula is C8H14N6O2. The van der Waals surface area contributed by atoms with Gasteiger partial charge >= 0.3 is 0 Å². The number of azide groups is 2. The van der Waals surface area contributed by atoms with Gasteiger partial charge in [-0.05, 0) is 23.9 Å². The second-order valence-corrected chi connectivity index (χ2v) is 3.84. The first-order valence-corrected chi connectivity index (χ1v) is 5.00. The van der Waals surface area contributed by atoms with Crippen LogP contribution < -0.4 is 0 Å². The fraction of sp³-hybridized carbons (Fsp3) is 1.00. The van der Waals surface area contributed by atoms with Crippen LogP contribution in [0.3, 0.4) is 0 Å². The second kappa shape index (κ2) is 5.58. The van der Waals surface area contributed by atoms with Gasteiger partial charge in [0.25, 0.3) is 0 Å². The van der Waals surface area contributed by atoms with Crippen LogP contribution in [0, 0.1) is 5.92 Å². The average molecular weight is 226 g/mol. The van der Waals surface area contributed by atoms with Crippen LogP contribution in [-0.2, 0) is 4.74 Å². The van der Waals surface area contributed by atoms with Gasteiger partial charge in [-0.2, -0.15) is 0 Å². The molecule has 0 aromatic carbocycles. The Kier molecular flexibility index (Phi) is 4.39. The van der Waals surface area contributed by atoms with E-state index in [0.29, 0.717) is 0 Å². The Hall–Kier alpha value is -1.46. The van der Waals surface area contributed by atoms with Gasteiger partial charge in [-0.25, -0.2) is 0 Å². The molecule has 1 fully saturated rings. The molecule has 0 radical (unpaired) electrons. The van der Waals surface area contributed by atoms with Crippen LogP contribution in [0.5, 0.6) is 0 Å². The summed E-state index contributed by atoms with van der Waals surface area (Å²) in [4.78, 5) is 5.33. The van der Waals surface area contributed by atoms with Crippen molar-refractivity contribution in [2.75, 3.05) is 6.54 Å². The predicted octanol–water partition coefficient (Wildman–Crippen LogP) is 1.76. The average Bonchev–Trinajstić information content (AvgIpc) is 2.27. The fourth-order valence-corrected chi connectivity index (χ4v) is 1.79. The third kappa shape index (κ3) is 2.56. The zero-order valence-electron chi connectivity index (χ0n) is 9.13. The Morgan fingerprint density at radius 3 is 2.56 bits per heavy atom. The molecule has 8 heteroatoms. The summed E-state index contributed by atoms with van der Waals surface area (Å²) in [6.07, 6.45) is -1.71. The number of hydrogen-bond donors (Lipinski definition) is 1. The van der Waals surface area contributed by atoms with Crippen molar-refractivity contribution in [3.05, 3.63) is 20.9 Å². The lowest BCUT2D eigenvalue weighted by molar-refractivity contribution is -0.139. The monoisotopic (exact) mass is 226 g/mol. The van der Waals surface area contributed by atoms with E-state index in [9.17, 15) is 5.11 Å². The molecule has 0 aliphatic carbocycles. The van der Waals surface area contributed by atoms with Gasteiger partial charge in [0.1, 0.15) is 0 Å². The Morgan fingerprint density at radius 1 is 1.31 bits per heavy atom. The largest absolute Gasteiger partial charge is 0.390 e. The van der Waals surface area contributed by atoms with E-state index in [1.165, 1.54) is 0 Å². The fourth-order valence-electron chi connectivity index (χ4n) is 1.79. The normalized spacial score (nSPS) is 38.3. The number of nitrogens with zero attached hydrogens (tertiary/aromatic N) is 6. The maximum absolute atomic E-state index is 9.90. The summed E-state index contributed by atoms with van der Waals surface area (Å²) < 4.78 is 5.49. The number of rotatable bonds is 3. The first-order chi connectivity index (χ1) is 7.61. The lowest BCUT2D eigenvalue weighted by Gasteiger charge is -2.40. The molecule has 1 aliphatic heterocycles. The standard InChI is InChI=1S/C8H14N6O2/c1-4-5(2)16-6(3-11-13-9)8(15)7(4)12-14-10/h4-8,15H,3H2,1-2H3/t4?,5?,6?,7-,8-/m1/s1. The maximum atomic E-state index is 9.90. The molecule has 0 bridgehead atoms. The van der Waals surface area contributed by atoms with E-state index in [2.05, 4.69) is 20.1 Å². The van der Waals surface area contributed by atoms with Crippen molar-refractivity contribution in [2.45, 2.75) is 38.2 Å². The Balaban J connectivity index is 2.83. The molecule has 88 valence electrons. The van der Waals surface area contributed by atoms with Gasteiger partial charge in [-0.1, -0.05) is 17.2 Å². The molecule has 1 heterocycles. The molecule has 16 heavy (non-hydrogen) atoms. The van der Waals surface area contributed by atoms with Crippen molar-refractivity contribution in [3.63, 3.8) is 0 Å². The highest BCUT2D eigenvalue weighted by Crippen LogP contribution is 2.28. The van der Waals surface area contributed by atoms with Crippen LogP contribution in [0.4, 0.5) is 0 Å². The van der Waals surface area contributed by atoms with E-state index < -0.39 is 18.2 Å². The van der Waals surface area contributed by atoms with Gasteiger partial charge < -0.3 is 9.84 Å². The van der Waals surface area contributed by atoms with Crippen molar-refractivity contribution in [1.29, 1.82) is 0 Å². The van der Waals surface area contributed by atoms with Crippen LogP contribution in [0.1, 0.15) is 13.8 Å². The molecule has 1 rings (SSSR count). The van der Waals surface area contributed by atoms with E-state index in [1.54, 1.807) is 0 Å². The molecule has 5 atom stereocenters. The van der Waals surface area contributed by atoms with Gasteiger partial charge in [0.15, 0.2) is 0 Å². The minimum atomic E-state index is -0.937. The van der Waals surface area contributed by atoms with E-state index in [4.69, 9.17) is 15.8 Å². The van der Waals surface area contributed by atoms with Crippen LogP contribution in [0.15, 0.2) is 10.2 Å². The third-order valence-electron chi connectivity index (χ3n) is 2.91. The molecule has 0 amide bonds. The van der Waals surface area contributed by atoms with Gasteiger partial charge in [0, 0.05) is 9.82 Å². The molecule has 3 unspecified atom stereocenters. The minimum Gasteiger partial charge on any atom is -0.390 e. The smallest absolute Gasteiger partial charge is 0.0898 e. The summed E-state index contributed by atoms with van der Waals surface area (Å²) >= 11 is 0. The molecule has 8 nitrogen and oxygen atoms in total. The van der Waals surface area contributed by atoms with Crippen LogP contribution in [0.2, 0.25) is 0 Å². The van der Waals surface area contributed by atoms with Crippen molar-refractivity contribution in [1.82, 2.24) is 0 Å². The maximum Gasteiger partial charge on any atom is 0.0898 e. The van der Waals surface area contributed by atoms with Crippen molar-refractivity contribution >= 4 is 0 Å². The first-order valence-electron chi connectivity index (χ1n) is 5.00. The number of aliphatic hydroxyl groups excluding tert-OH is 1. The summed E-state index contributed by atoms with van der Waals surface area (Å²) in [6, 6.07) is -0.548. The summed E-state index contributed by atoms with van der Waals surface area (Å²) in [5, 5.41) is 16.8. The molecule has 1 aliphatic rings. The number of hydrogen-bond acceptors (Lipinski definition) is 4. The van der Waals surface area contributed by atoms with Gasteiger partial charge in [-0.3, -0.25) is 0 Å². The Morgan fingerprint density at radius 2 is 2.00 bits per heavy atom. The van der Waals surface area contributed by atoms with E-state index in [0.717, 1.165) is 0 Å². The first kappa shape index (κ1) is 12.6. The van der Waals surface area contributed by atoms with Crippen LogP contribution >= 0.6 is 0 Å². The summed E-state index contributed by atoms with van der Waals surface area (Å²) in [6.45, 7) is 3.71. The van der Waals surface area contributed by atoms with Crippen molar-refractivity contribution in [2.24, 2.45) is 16.1 Å². The molecule has 0 aromatic rings. The third-order valence-corrected chi connectivity index (χ3v) is 2.91. The second-order valence-electron chi connectivity index (χ2n) is 3.84. The quantitative estimate of drug-likeness (QED) is 0.447. The van der Waals surface area contributed by atoms with Gasteiger partial charge in [-0.15, -0.1) is 0 Å². The predicted molar refractivity (Wildman–Crippen MR) is 56.5 cm³/mol. The highest BCUT2D eigenvalue weighted by atomic mass is 16.5. The lowest BCUT2D eigenvalue weighted by atomic mass is 9.87. The topological polar surface area (TPSA) is 127 Å². The highest BCUT2D eigenvalue weighted by molar-refractivity contribution is 4.94. The summed E-state index contributed by atoms with van der Waals surface area (Å²) in [5.41, 5.74) is 16.6. The summed E-state index contributed by atoms with van der Waals surface area (Å²) in [5.74, 6) is -0.0757. The zero-order valence-corrected chi connectivity index (χ0v) is 9.13. The van der Waals surface area contributed by atoms with Gasteiger partial charge in [0.05, 0.1) is 30.9 Å². The zero-order chi connectivity index (χ0) is 12.1. The van der Waals surface area contributed by atoms with E-state index >= 15 is 0 Å². The van der Waals surface area contributed by atoms with Gasteiger partial charge in [0.2, 0.25) is 0 Å². The highest BCUT2D eigenvalue weighted by Gasteiger charge is 2.40. The van der Waals surface area contributed by atoms with Crippen LogP contribution in [0.25, 0.3) is 20.9 Å². The molecule has 0 aromatic heterocycles. The Labute approximate surface area is 92.5 Å². The van der Waals surface area contributed by atoms with Crippen molar-refractivity contribution in [3.8, 4) is 0 Å². The van der Waals surface area contributed by atoms with Crippen molar-refractivity contribution < 1.29 is 9.84 Å². The summed E-state index contributed by atoms with van der Waals surface area (Å²) in [7, 11) is 0. The van der Waals surface area contributed by atoms with E-state index in [1.807, 2.05) is 13.8 Å². The SMILES string of the molecule is CC1OC(CN=[N+]=[N-])[C@@H](O)[C@H](N=[N+]=[N-])C1C. The number of ether oxygens (including phenoxy) is 1. The lowest BCUT2D eigenvalue weighted by Crippen LogP contribution is -2.52. The molecule has 0 saturated carbocycles. The molecule has 1 saturated heterocycles. The van der Waals surface area contributed by atoms with Crippen LogP contribution in [-0.4, -0.2) is 36.0 Å². The molecule has 1 N–H and O–H groups in total. The minimum absolute atomic E-state index is 0.0339.